The zero-order valence-electron chi connectivity index (χ0n) is 16.6. The quantitative estimate of drug-likeness (QED) is 0.397. The van der Waals surface area contributed by atoms with Crippen LogP contribution < -0.4 is 15.2 Å². The number of carbonyl (C=O) groups is 3. The third-order valence-electron chi connectivity index (χ3n) is 5.87. The van der Waals surface area contributed by atoms with Crippen LogP contribution in [0, 0.1) is 23.7 Å². The summed E-state index contributed by atoms with van der Waals surface area (Å²) in [6.07, 6.45) is 8.55. The summed E-state index contributed by atoms with van der Waals surface area (Å²) in [7, 11) is 1.47. The van der Waals surface area contributed by atoms with E-state index >= 15 is 0 Å². The molecule has 3 amide bonds. The summed E-state index contributed by atoms with van der Waals surface area (Å²) >= 11 is 0. The predicted octanol–water partition coefficient (Wildman–Crippen LogP) is 1.43. The van der Waals surface area contributed by atoms with Gasteiger partial charge in [-0.1, -0.05) is 18.2 Å². The Balaban J connectivity index is 1.60. The van der Waals surface area contributed by atoms with Crippen molar-refractivity contribution in [3.8, 4) is 11.5 Å². The van der Waals surface area contributed by atoms with Crippen LogP contribution in [0.2, 0.25) is 0 Å². The number of hydrazone groups is 1. The average molecular weight is 409 g/mol. The maximum atomic E-state index is 12.8. The number of nitrogens with zero attached hydrogens (tertiary/aromatic N) is 2. The van der Waals surface area contributed by atoms with E-state index in [1.807, 2.05) is 12.2 Å². The Morgan fingerprint density at radius 2 is 1.93 bits per heavy atom. The number of allylic oxidation sites excluding steroid dienone is 3. The SMILES string of the molecule is C=CCc1cc(C=NN2C(=O)[C@@H]3[C@H](C2=O)[C@H]2C=C[C@H]3C2)cc(OC)c1OCC(N)=O. The van der Waals surface area contributed by atoms with Crippen LogP contribution in [0.4, 0.5) is 0 Å². The number of hydrogen-bond donors (Lipinski definition) is 1. The van der Waals surface area contributed by atoms with Crippen LogP contribution in [0.25, 0.3) is 0 Å². The van der Waals surface area contributed by atoms with Gasteiger partial charge in [0.1, 0.15) is 0 Å². The fourth-order valence-corrected chi connectivity index (χ4v) is 4.65. The van der Waals surface area contributed by atoms with E-state index in [1.165, 1.54) is 13.3 Å². The summed E-state index contributed by atoms with van der Waals surface area (Å²) in [5, 5.41) is 5.20. The average Bonchev–Trinajstić information content (AvgIpc) is 3.39. The van der Waals surface area contributed by atoms with Crippen LogP contribution >= 0.6 is 0 Å². The van der Waals surface area contributed by atoms with Gasteiger partial charge in [-0.3, -0.25) is 14.4 Å². The van der Waals surface area contributed by atoms with Gasteiger partial charge in [0.2, 0.25) is 0 Å². The lowest BCUT2D eigenvalue weighted by Crippen LogP contribution is -2.28. The van der Waals surface area contributed by atoms with Crippen molar-refractivity contribution in [2.45, 2.75) is 12.8 Å². The molecule has 4 atom stereocenters. The molecule has 2 bridgehead atoms. The number of benzene rings is 1. The zero-order valence-corrected chi connectivity index (χ0v) is 16.6. The van der Waals surface area contributed by atoms with E-state index in [4.69, 9.17) is 15.2 Å². The predicted molar refractivity (Wildman–Crippen MR) is 109 cm³/mol. The maximum Gasteiger partial charge on any atom is 0.255 e. The molecule has 0 radical (unpaired) electrons. The molecular weight excluding hydrogens is 386 g/mol. The van der Waals surface area contributed by atoms with E-state index in [9.17, 15) is 14.4 Å². The second-order valence-corrected chi connectivity index (χ2v) is 7.69. The Kier molecular flexibility index (Phi) is 5.15. The highest BCUT2D eigenvalue weighted by Crippen LogP contribution is 2.52. The van der Waals surface area contributed by atoms with Crippen molar-refractivity contribution in [1.29, 1.82) is 0 Å². The monoisotopic (exact) mass is 409 g/mol. The normalized spacial score (nSPS) is 26.5. The molecule has 2 N–H and O–H groups in total. The first-order valence-electron chi connectivity index (χ1n) is 9.77. The van der Waals surface area contributed by atoms with Crippen LogP contribution in [0.5, 0.6) is 11.5 Å². The van der Waals surface area contributed by atoms with Gasteiger partial charge < -0.3 is 15.2 Å². The number of nitrogens with two attached hydrogens (primary N) is 1. The Labute approximate surface area is 174 Å². The van der Waals surface area contributed by atoms with E-state index < -0.39 is 5.91 Å². The van der Waals surface area contributed by atoms with Crippen molar-refractivity contribution >= 4 is 23.9 Å². The number of carbonyl (C=O) groups excluding carboxylic acids is 3. The molecule has 2 aliphatic carbocycles. The molecule has 8 nitrogen and oxygen atoms in total. The van der Waals surface area contributed by atoms with Crippen molar-refractivity contribution in [2.75, 3.05) is 13.7 Å². The van der Waals surface area contributed by atoms with Crippen LogP contribution in [-0.4, -0.2) is 42.7 Å². The van der Waals surface area contributed by atoms with Gasteiger partial charge in [0.25, 0.3) is 17.7 Å². The number of methoxy groups -OCH3 is 1. The fraction of sp³-hybridized carbons (Fsp3) is 0.364. The molecule has 4 rings (SSSR count). The van der Waals surface area contributed by atoms with Crippen LogP contribution in [0.15, 0.2) is 42.0 Å². The van der Waals surface area contributed by atoms with Gasteiger partial charge in [0.05, 0.1) is 25.2 Å². The number of fused-ring (bicyclic) bond motifs is 5. The first kappa shape index (κ1) is 19.9. The molecule has 0 unspecified atom stereocenters. The van der Waals surface area contributed by atoms with Gasteiger partial charge in [0.15, 0.2) is 18.1 Å². The minimum absolute atomic E-state index is 0.137. The highest BCUT2D eigenvalue weighted by atomic mass is 16.5. The summed E-state index contributed by atoms with van der Waals surface area (Å²) in [5.74, 6) is -0.618. The number of hydrogen-bond acceptors (Lipinski definition) is 6. The van der Waals surface area contributed by atoms with Crippen molar-refractivity contribution in [2.24, 2.45) is 34.5 Å². The minimum Gasteiger partial charge on any atom is -0.493 e. The molecule has 1 heterocycles. The lowest BCUT2D eigenvalue weighted by Gasteiger charge is -2.15. The highest BCUT2D eigenvalue weighted by molar-refractivity contribution is 6.06. The molecule has 0 aromatic heterocycles. The zero-order chi connectivity index (χ0) is 21.4. The summed E-state index contributed by atoms with van der Waals surface area (Å²) in [4.78, 5) is 36.6. The number of primary amides is 1. The maximum absolute atomic E-state index is 12.8. The van der Waals surface area contributed by atoms with Gasteiger partial charge >= 0.3 is 0 Å². The van der Waals surface area contributed by atoms with Gasteiger partial charge in [-0.25, -0.2) is 0 Å². The molecule has 0 spiro atoms. The summed E-state index contributed by atoms with van der Waals surface area (Å²) in [6.45, 7) is 3.45. The smallest absolute Gasteiger partial charge is 0.255 e. The second-order valence-electron chi connectivity index (χ2n) is 7.69. The number of imide groups is 1. The minimum atomic E-state index is -0.604. The Morgan fingerprint density at radius 3 is 2.50 bits per heavy atom. The van der Waals surface area contributed by atoms with E-state index in [1.54, 1.807) is 18.2 Å². The second kappa shape index (κ2) is 7.78. The first-order chi connectivity index (χ1) is 14.4. The van der Waals surface area contributed by atoms with Crippen molar-refractivity contribution in [3.05, 3.63) is 48.1 Å². The summed E-state index contributed by atoms with van der Waals surface area (Å²) in [6, 6.07) is 3.44. The molecule has 2 fully saturated rings. The van der Waals surface area contributed by atoms with Crippen LogP contribution in [0.1, 0.15) is 17.5 Å². The van der Waals surface area contributed by atoms with Crippen LogP contribution in [0.3, 0.4) is 0 Å². The molecule has 3 aliphatic rings. The van der Waals surface area contributed by atoms with E-state index in [2.05, 4.69) is 11.7 Å². The summed E-state index contributed by atoms with van der Waals surface area (Å²) < 4.78 is 10.9. The van der Waals surface area contributed by atoms with E-state index in [-0.39, 0.29) is 42.1 Å². The standard InChI is InChI=1S/C22H23N3O5/c1-3-4-15-7-12(8-16(29-2)20(15)30-11-17(23)26)10-24-25-21(27)18-13-5-6-14(9-13)19(18)22(25)28/h3,5-8,10,13-14,18-19H,1,4,9,11H2,2H3,(H2,23,26)/t13-,14-,18-,19+/m0/s1. The Morgan fingerprint density at radius 1 is 1.27 bits per heavy atom. The lowest BCUT2D eigenvalue weighted by atomic mass is 9.85. The molecule has 1 aromatic carbocycles. The Hall–Kier alpha value is -3.42. The number of amides is 3. The van der Waals surface area contributed by atoms with Crippen molar-refractivity contribution in [1.82, 2.24) is 5.01 Å². The molecule has 8 heteroatoms. The lowest BCUT2D eigenvalue weighted by molar-refractivity contribution is -0.140. The van der Waals surface area contributed by atoms with Gasteiger partial charge in [-0.2, -0.15) is 10.1 Å². The van der Waals surface area contributed by atoms with Crippen molar-refractivity contribution in [3.63, 3.8) is 0 Å². The third kappa shape index (κ3) is 3.28. The number of rotatable bonds is 8. The fourth-order valence-electron chi connectivity index (χ4n) is 4.65. The van der Waals surface area contributed by atoms with E-state index in [0.717, 1.165) is 11.4 Å². The summed E-state index contributed by atoms with van der Waals surface area (Å²) in [5.41, 5.74) is 6.50. The van der Waals surface area contributed by atoms with E-state index in [0.29, 0.717) is 29.0 Å². The van der Waals surface area contributed by atoms with Gasteiger partial charge in [-0.15, -0.1) is 6.58 Å². The largest absolute Gasteiger partial charge is 0.493 e. The van der Waals surface area contributed by atoms with Gasteiger partial charge in [-0.05, 0) is 42.4 Å². The van der Waals surface area contributed by atoms with Gasteiger partial charge in [0, 0.05) is 5.56 Å². The third-order valence-corrected chi connectivity index (χ3v) is 5.87. The molecule has 1 saturated heterocycles. The molecular formula is C22H23N3O5. The molecule has 1 aromatic rings. The molecule has 1 saturated carbocycles. The topological polar surface area (TPSA) is 111 Å². The first-order valence-corrected chi connectivity index (χ1v) is 9.77. The molecule has 30 heavy (non-hydrogen) atoms. The molecule has 156 valence electrons. The van der Waals surface area contributed by atoms with Crippen molar-refractivity contribution < 1.29 is 23.9 Å². The Bertz CT molecular complexity index is 953. The molecule has 1 aliphatic heterocycles. The van der Waals surface area contributed by atoms with Crippen LogP contribution in [-0.2, 0) is 20.8 Å². The number of ether oxygens (including phenoxy) is 2. The highest BCUT2D eigenvalue weighted by Gasteiger charge is 2.59.